The third-order valence-corrected chi connectivity index (χ3v) is 5.89. The molecule has 194 valence electrons. The number of rotatable bonds is 10. The number of carboxylic acids is 1. The van der Waals surface area contributed by atoms with Crippen LogP contribution in [0.5, 0.6) is 11.5 Å². The summed E-state index contributed by atoms with van der Waals surface area (Å²) < 4.78 is 11.9. The van der Waals surface area contributed by atoms with Crippen molar-refractivity contribution in [2.45, 2.75) is 38.3 Å². The number of aliphatic carboxylic acids is 1. The molecule has 1 aliphatic rings. The van der Waals surface area contributed by atoms with Crippen LogP contribution in [0.4, 0.5) is 16.4 Å². The zero-order valence-electron chi connectivity index (χ0n) is 20.7. The number of nitrogens with zero attached hydrogens (tertiary/aromatic N) is 3. The lowest BCUT2D eigenvalue weighted by molar-refractivity contribution is -0.139. The molecule has 3 aromatic rings. The normalized spacial score (nSPS) is 15.9. The molecule has 2 atom stereocenters. The van der Waals surface area contributed by atoms with Crippen LogP contribution in [0.15, 0.2) is 67.0 Å². The molecule has 4 rings (SSSR count). The number of hydrogen-bond acceptors (Lipinski definition) is 7. The molecule has 0 saturated carbocycles. The number of urea groups is 1. The average molecular weight is 506 g/mol. The van der Waals surface area contributed by atoms with Gasteiger partial charge < -0.3 is 24.8 Å². The lowest BCUT2D eigenvalue weighted by atomic mass is 10.1. The van der Waals surface area contributed by atoms with Gasteiger partial charge in [-0.2, -0.15) is 0 Å². The first-order chi connectivity index (χ1) is 18.0. The number of carbonyl (C=O) groups excluding carboxylic acids is 1. The maximum atomic E-state index is 12.5. The molecule has 2 amide bonds. The van der Waals surface area contributed by atoms with E-state index in [1.54, 1.807) is 6.20 Å². The molecular weight excluding hydrogens is 474 g/mol. The Morgan fingerprint density at radius 2 is 1.86 bits per heavy atom. The number of amides is 2. The molecule has 2 heterocycles. The summed E-state index contributed by atoms with van der Waals surface area (Å²) in [6.45, 7) is 3.86. The Labute approximate surface area is 215 Å². The standard InChI is InChI=1S/C27H31N5O5/c1-2-36-22-12-6-7-13-23(22)37-20-11-8-14-32(18-20)25-17-28-16-24(30-25)31-27(35)29-21(26(33)34)15-19-9-4-3-5-10-19/h3-7,9-10,12-13,16-17,20-21H,2,8,11,14-15,18H2,1H3,(H,33,34)(H2,29,30,31,35)/t20-,21+/m1/s1. The highest BCUT2D eigenvalue weighted by Gasteiger charge is 2.24. The molecule has 1 aliphatic heterocycles. The molecule has 37 heavy (non-hydrogen) atoms. The summed E-state index contributed by atoms with van der Waals surface area (Å²) in [4.78, 5) is 35.0. The second-order valence-electron chi connectivity index (χ2n) is 8.65. The first kappa shape index (κ1) is 25.7. The molecule has 3 N–H and O–H groups in total. The molecule has 0 unspecified atom stereocenters. The van der Waals surface area contributed by atoms with Gasteiger partial charge >= 0.3 is 12.0 Å². The second kappa shape index (κ2) is 12.6. The number of piperidine rings is 1. The summed E-state index contributed by atoms with van der Waals surface area (Å²) in [5.74, 6) is 1.12. The predicted molar refractivity (Wildman–Crippen MR) is 139 cm³/mol. The van der Waals surface area contributed by atoms with Crippen LogP contribution < -0.4 is 25.0 Å². The molecule has 1 fully saturated rings. The average Bonchev–Trinajstić information content (AvgIpc) is 2.90. The summed E-state index contributed by atoms with van der Waals surface area (Å²) in [5, 5.41) is 14.6. The van der Waals surface area contributed by atoms with E-state index < -0.39 is 18.0 Å². The molecule has 1 saturated heterocycles. The Morgan fingerprint density at radius 3 is 2.62 bits per heavy atom. The van der Waals surface area contributed by atoms with Crippen LogP contribution in [-0.4, -0.2) is 58.9 Å². The first-order valence-corrected chi connectivity index (χ1v) is 12.3. The number of hydrogen-bond donors (Lipinski definition) is 3. The highest BCUT2D eigenvalue weighted by atomic mass is 16.5. The number of benzene rings is 2. The largest absolute Gasteiger partial charge is 0.490 e. The van der Waals surface area contributed by atoms with Gasteiger partial charge in [-0.15, -0.1) is 0 Å². The van der Waals surface area contributed by atoms with Crippen molar-refractivity contribution in [2.75, 3.05) is 29.9 Å². The highest BCUT2D eigenvalue weighted by molar-refractivity contribution is 5.91. The maximum Gasteiger partial charge on any atom is 0.326 e. The van der Waals surface area contributed by atoms with Crippen LogP contribution in [-0.2, 0) is 11.2 Å². The minimum absolute atomic E-state index is 0.0635. The Balaban J connectivity index is 1.37. The number of carboxylic acid groups (broad SMARTS) is 1. The van der Waals surface area contributed by atoms with Crippen molar-refractivity contribution in [3.05, 3.63) is 72.6 Å². The summed E-state index contributed by atoms with van der Waals surface area (Å²) in [6.07, 6.45) is 4.95. The lowest BCUT2D eigenvalue weighted by Crippen LogP contribution is -2.44. The van der Waals surface area contributed by atoms with E-state index in [2.05, 4.69) is 25.5 Å². The van der Waals surface area contributed by atoms with E-state index >= 15 is 0 Å². The molecule has 0 spiro atoms. The molecule has 2 aromatic carbocycles. The minimum atomic E-state index is -1.12. The van der Waals surface area contributed by atoms with Crippen LogP contribution >= 0.6 is 0 Å². The fourth-order valence-electron chi connectivity index (χ4n) is 4.17. The van der Waals surface area contributed by atoms with Gasteiger partial charge in [0.1, 0.15) is 18.0 Å². The quantitative estimate of drug-likeness (QED) is 0.380. The third-order valence-electron chi connectivity index (χ3n) is 5.89. The SMILES string of the molecule is CCOc1ccccc1O[C@@H]1CCCN(c2cncc(NC(=O)N[C@@H](Cc3ccccc3)C(=O)O)n2)C1. The first-order valence-electron chi connectivity index (χ1n) is 12.3. The molecule has 10 heteroatoms. The zero-order valence-corrected chi connectivity index (χ0v) is 20.7. The van der Waals surface area contributed by atoms with Crippen molar-refractivity contribution < 1.29 is 24.2 Å². The summed E-state index contributed by atoms with van der Waals surface area (Å²) in [7, 11) is 0. The highest BCUT2D eigenvalue weighted by Crippen LogP contribution is 2.30. The van der Waals surface area contributed by atoms with Crippen molar-refractivity contribution in [3.8, 4) is 11.5 Å². The number of ether oxygens (including phenoxy) is 2. The number of aromatic nitrogens is 2. The van der Waals surface area contributed by atoms with Crippen molar-refractivity contribution in [1.29, 1.82) is 0 Å². The monoisotopic (exact) mass is 505 g/mol. The molecule has 10 nitrogen and oxygen atoms in total. The fourth-order valence-corrected chi connectivity index (χ4v) is 4.17. The van der Waals surface area contributed by atoms with Crippen LogP contribution in [0.1, 0.15) is 25.3 Å². The molecule has 0 bridgehead atoms. The van der Waals surface area contributed by atoms with E-state index in [0.717, 1.165) is 24.9 Å². The van der Waals surface area contributed by atoms with E-state index in [-0.39, 0.29) is 18.3 Å². The van der Waals surface area contributed by atoms with Gasteiger partial charge in [0.15, 0.2) is 17.3 Å². The topological polar surface area (TPSA) is 126 Å². The van der Waals surface area contributed by atoms with E-state index in [4.69, 9.17) is 9.47 Å². The van der Waals surface area contributed by atoms with Gasteiger partial charge in [0.25, 0.3) is 0 Å². The van der Waals surface area contributed by atoms with Gasteiger partial charge in [0.2, 0.25) is 0 Å². The Bertz CT molecular complexity index is 1190. The van der Waals surface area contributed by atoms with E-state index in [1.165, 1.54) is 6.20 Å². The third kappa shape index (κ3) is 7.33. The zero-order chi connectivity index (χ0) is 26.0. The number of para-hydroxylation sites is 2. The van der Waals surface area contributed by atoms with Crippen LogP contribution in [0.25, 0.3) is 0 Å². The molecule has 0 radical (unpaired) electrons. The summed E-state index contributed by atoms with van der Waals surface area (Å²) >= 11 is 0. The van der Waals surface area contributed by atoms with Crippen molar-refractivity contribution >= 4 is 23.6 Å². The predicted octanol–water partition coefficient (Wildman–Crippen LogP) is 3.74. The molecule has 0 aliphatic carbocycles. The van der Waals surface area contributed by atoms with E-state index in [9.17, 15) is 14.7 Å². The van der Waals surface area contributed by atoms with Crippen LogP contribution in [0.2, 0.25) is 0 Å². The smallest absolute Gasteiger partial charge is 0.326 e. The molecular formula is C27H31N5O5. The van der Waals surface area contributed by atoms with Crippen LogP contribution in [0, 0.1) is 0 Å². The van der Waals surface area contributed by atoms with Gasteiger partial charge in [-0.05, 0) is 37.5 Å². The minimum Gasteiger partial charge on any atom is -0.490 e. The summed E-state index contributed by atoms with van der Waals surface area (Å²) in [6, 6.07) is 15.0. The Morgan fingerprint density at radius 1 is 1.11 bits per heavy atom. The van der Waals surface area contributed by atoms with Gasteiger partial charge in [-0.1, -0.05) is 42.5 Å². The lowest BCUT2D eigenvalue weighted by Gasteiger charge is -2.33. The van der Waals surface area contributed by atoms with Crippen molar-refractivity contribution in [2.24, 2.45) is 0 Å². The second-order valence-corrected chi connectivity index (χ2v) is 8.65. The Hall–Kier alpha value is -4.34. The number of anilines is 2. The van der Waals surface area contributed by atoms with Crippen LogP contribution in [0.3, 0.4) is 0 Å². The number of nitrogens with one attached hydrogen (secondary N) is 2. The molecule has 1 aromatic heterocycles. The van der Waals surface area contributed by atoms with Crippen molar-refractivity contribution in [3.63, 3.8) is 0 Å². The van der Waals surface area contributed by atoms with E-state index in [0.29, 0.717) is 30.5 Å². The summed E-state index contributed by atoms with van der Waals surface area (Å²) in [5.41, 5.74) is 0.808. The number of carbonyl (C=O) groups is 2. The van der Waals surface area contributed by atoms with Gasteiger partial charge in [0.05, 0.1) is 25.5 Å². The van der Waals surface area contributed by atoms with Gasteiger partial charge in [-0.3, -0.25) is 10.3 Å². The van der Waals surface area contributed by atoms with Gasteiger partial charge in [0, 0.05) is 13.0 Å². The Kier molecular flexibility index (Phi) is 8.75. The van der Waals surface area contributed by atoms with Gasteiger partial charge in [-0.25, -0.2) is 14.6 Å². The van der Waals surface area contributed by atoms with E-state index in [1.807, 2.05) is 61.5 Å². The maximum absolute atomic E-state index is 12.5. The van der Waals surface area contributed by atoms with Crippen molar-refractivity contribution in [1.82, 2.24) is 15.3 Å². The fraction of sp³-hybridized carbons (Fsp3) is 0.333.